The van der Waals surface area contributed by atoms with Crippen molar-refractivity contribution in [2.24, 2.45) is 5.10 Å². The highest BCUT2D eigenvalue weighted by Gasteiger charge is 2.36. The predicted octanol–water partition coefficient (Wildman–Crippen LogP) is 4.90. The van der Waals surface area contributed by atoms with Gasteiger partial charge in [0.25, 0.3) is 5.91 Å². The summed E-state index contributed by atoms with van der Waals surface area (Å²) in [6.45, 7) is 0. The van der Waals surface area contributed by atoms with Crippen molar-refractivity contribution < 1.29 is 9.90 Å². The summed E-state index contributed by atoms with van der Waals surface area (Å²) in [5, 5.41) is 19.0. The Hall–Kier alpha value is -3.84. The van der Waals surface area contributed by atoms with Gasteiger partial charge in [-0.1, -0.05) is 54.6 Å². The number of hydrogen-bond donors (Lipinski definition) is 1. The molecule has 0 spiro atoms. The fourth-order valence-electron chi connectivity index (χ4n) is 3.62. The number of pyridine rings is 1. The van der Waals surface area contributed by atoms with Gasteiger partial charge in [-0.05, 0) is 12.1 Å². The smallest absolute Gasteiger partial charge is 0.294 e. The van der Waals surface area contributed by atoms with Gasteiger partial charge in [0.2, 0.25) is 0 Å². The van der Waals surface area contributed by atoms with Gasteiger partial charge in [-0.3, -0.25) is 9.78 Å². The molecule has 2 aromatic heterocycles. The number of benzene rings is 2. The molecule has 0 saturated carbocycles. The minimum atomic E-state index is -0.425. The van der Waals surface area contributed by atoms with Crippen LogP contribution in [0.25, 0.3) is 10.6 Å². The fraction of sp³-hybridized carbons (Fsp3) is 0.0833. The highest BCUT2D eigenvalue weighted by molar-refractivity contribution is 7.13. The van der Waals surface area contributed by atoms with E-state index < -0.39 is 6.04 Å². The molecule has 1 aliphatic rings. The van der Waals surface area contributed by atoms with Gasteiger partial charge in [0.1, 0.15) is 16.5 Å². The maximum atomic E-state index is 13.4. The van der Waals surface area contributed by atoms with Crippen molar-refractivity contribution in [2.75, 3.05) is 0 Å². The third-order valence-corrected chi connectivity index (χ3v) is 6.04. The third-order valence-electron chi connectivity index (χ3n) is 5.15. The molecule has 2 aromatic carbocycles. The molecule has 4 aromatic rings. The van der Waals surface area contributed by atoms with Crippen LogP contribution < -0.4 is 0 Å². The number of thiazole rings is 1. The van der Waals surface area contributed by atoms with E-state index in [1.807, 2.05) is 54.6 Å². The van der Waals surface area contributed by atoms with Gasteiger partial charge in [0.15, 0.2) is 0 Å². The van der Waals surface area contributed by atoms with Crippen molar-refractivity contribution in [1.82, 2.24) is 15.0 Å². The van der Waals surface area contributed by atoms with Crippen LogP contribution in [-0.2, 0) is 0 Å². The molecule has 5 rings (SSSR count). The minimum Gasteiger partial charge on any atom is -0.508 e. The lowest BCUT2D eigenvalue weighted by Gasteiger charge is -2.22. The lowest BCUT2D eigenvalue weighted by Crippen LogP contribution is -2.27. The molecule has 152 valence electrons. The average molecular weight is 427 g/mol. The molecule has 6 nitrogen and oxygen atoms in total. The van der Waals surface area contributed by atoms with Crippen molar-refractivity contribution in [1.29, 1.82) is 0 Å². The zero-order valence-electron chi connectivity index (χ0n) is 16.4. The number of carbonyl (C=O) groups excluding carboxylic acids is 1. The second-order valence-electron chi connectivity index (χ2n) is 7.12. The normalized spacial score (nSPS) is 15.7. The van der Waals surface area contributed by atoms with Crippen LogP contribution in [-0.4, -0.2) is 31.7 Å². The number of aromatic nitrogens is 2. The number of para-hydroxylation sites is 1. The largest absolute Gasteiger partial charge is 0.508 e. The van der Waals surface area contributed by atoms with Crippen LogP contribution in [0.1, 0.15) is 34.1 Å². The monoisotopic (exact) mass is 426 g/mol. The summed E-state index contributed by atoms with van der Waals surface area (Å²) in [7, 11) is 0. The second-order valence-corrected chi connectivity index (χ2v) is 7.98. The molecule has 0 radical (unpaired) electrons. The summed E-state index contributed by atoms with van der Waals surface area (Å²) in [5.74, 6) is -0.165. The van der Waals surface area contributed by atoms with Crippen LogP contribution >= 0.6 is 11.3 Å². The first-order valence-electron chi connectivity index (χ1n) is 9.81. The topological polar surface area (TPSA) is 78.7 Å². The second kappa shape index (κ2) is 8.12. The van der Waals surface area contributed by atoms with Gasteiger partial charge in [-0.25, -0.2) is 9.99 Å². The minimum absolute atomic E-state index is 0.135. The van der Waals surface area contributed by atoms with Gasteiger partial charge in [-0.15, -0.1) is 11.3 Å². The molecule has 7 heteroatoms. The zero-order chi connectivity index (χ0) is 21.2. The fourth-order valence-corrected chi connectivity index (χ4v) is 4.42. The van der Waals surface area contributed by atoms with Gasteiger partial charge >= 0.3 is 0 Å². The molecule has 0 fully saturated rings. The van der Waals surface area contributed by atoms with E-state index >= 15 is 0 Å². The Kier molecular flexibility index (Phi) is 5.01. The SMILES string of the molecule is O=C(c1csc(-c2ccccc2)n1)N1N=C(c2cccnc2)CC1c1ccccc1O. The number of carbonyl (C=O) groups is 1. The first-order valence-corrected chi connectivity index (χ1v) is 10.7. The van der Waals surface area contributed by atoms with E-state index in [0.717, 1.165) is 21.8 Å². The molecule has 31 heavy (non-hydrogen) atoms. The average Bonchev–Trinajstić information content (AvgIpc) is 3.48. The lowest BCUT2D eigenvalue weighted by atomic mass is 9.98. The third kappa shape index (κ3) is 3.71. The summed E-state index contributed by atoms with van der Waals surface area (Å²) < 4.78 is 0. The quantitative estimate of drug-likeness (QED) is 0.503. The van der Waals surface area contributed by atoms with Crippen LogP contribution in [0.5, 0.6) is 5.75 Å². The van der Waals surface area contributed by atoms with Crippen molar-refractivity contribution >= 4 is 23.0 Å². The molecule has 0 saturated heterocycles. The number of aromatic hydroxyl groups is 1. The molecule has 1 atom stereocenters. The van der Waals surface area contributed by atoms with Crippen LogP contribution in [0.15, 0.2) is 89.6 Å². The maximum absolute atomic E-state index is 13.4. The standard InChI is InChI=1S/C24H18N4O2S/c29-22-11-5-4-10-18(22)21-13-19(17-9-6-12-25-14-17)27-28(21)24(30)20-15-31-23(26-20)16-7-2-1-3-8-16/h1-12,14-15,21,29H,13H2. The van der Waals surface area contributed by atoms with Crippen LogP contribution in [0.4, 0.5) is 0 Å². The van der Waals surface area contributed by atoms with E-state index in [1.165, 1.54) is 16.3 Å². The molecule has 0 bridgehead atoms. The van der Waals surface area contributed by atoms with Crippen LogP contribution in [0.2, 0.25) is 0 Å². The van der Waals surface area contributed by atoms with Gasteiger partial charge < -0.3 is 5.11 Å². The Morgan fingerprint density at radius 1 is 1.00 bits per heavy atom. The molecule has 1 aliphatic heterocycles. The number of amides is 1. The number of phenolic OH excluding ortho intramolecular Hbond substituents is 1. The molecular weight excluding hydrogens is 408 g/mol. The number of phenols is 1. The molecule has 0 aliphatic carbocycles. The first-order chi connectivity index (χ1) is 15.2. The number of rotatable bonds is 4. The maximum Gasteiger partial charge on any atom is 0.294 e. The van der Waals surface area contributed by atoms with E-state index in [1.54, 1.807) is 29.9 Å². The molecule has 1 N–H and O–H groups in total. The van der Waals surface area contributed by atoms with Crippen molar-refractivity contribution in [3.8, 4) is 16.3 Å². The molecular formula is C24H18N4O2S. The van der Waals surface area contributed by atoms with E-state index in [4.69, 9.17) is 0 Å². The first kappa shape index (κ1) is 19.1. The van der Waals surface area contributed by atoms with Crippen LogP contribution in [0, 0.1) is 0 Å². The summed E-state index contributed by atoms with van der Waals surface area (Å²) in [5.41, 5.74) is 3.54. The molecule has 1 amide bonds. The van der Waals surface area contributed by atoms with Crippen molar-refractivity contribution in [3.63, 3.8) is 0 Å². The Labute approximate surface area is 183 Å². The number of hydrazone groups is 1. The Morgan fingerprint density at radius 3 is 2.55 bits per heavy atom. The van der Waals surface area contributed by atoms with E-state index in [9.17, 15) is 9.90 Å². The summed E-state index contributed by atoms with van der Waals surface area (Å²) in [6.07, 6.45) is 3.90. The highest BCUT2D eigenvalue weighted by Crippen LogP contribution is 2.38. The van der Waals surface area contributed by atoms with Gasteiger partial charge in [0, 0.05) is 40.9 Å². The predicted molar refractivity (Wildman–Crippen MR) is 120 cm³/mol. The Morgan fingerprint density at radius 2 is 1.77 bits per heavy atom. The van der Waals surface area contributed by atoms with E-state index in [0.29, 0.717) is 17.7 Å². The van der Waals surface area contributed by atoms with Crippen molar-refractivity contribution in [3.05, 3.63) is 101 Å². The van der Waals surface area contributed by atoms with Gasteiger partial charge in [0.05, 0.1) is 11.8 Å². The lowest BCUT2D eigenvalue weighted by molar-refractivity contribution is 0.0704. The summed E-state index contributed by atoms with van der Waals surface area (Å²) in [4.78, 5) is 22.2. The Bertz CT molecular complexity index is 1250. The molecule has 1 unspecified atom stereocenters. The summed E-state index contributed by atoms with van der Waals surface area (Å²) in [6, 6.07) is 20.1. The molecule has 3 heterocycles. The number of nitrogens with zero attached hydrogens (tertiary/aromatic N) is 4. The summed E-state index contributed by atoms with van der Waals surface area (Å²) >= 11 is 1.42. The van der Waals surface area contributed by atoms with Crippen molar-refractivity contribution in [2.45, 2.75) is 12.5 Å². The van der Waals surface area contributed by atoms with Gasteiger partial charge in [-0.2, -0.15) is 5.10 Å². The zero-order valence-corrected chi connectivity index (χ0v) is 17.2. The van der Waals surface area contributed by atoms with E-state index in [2.05, 4.69) is 15.1 Å². The highest BCUT2D eigenvalue weighted by atomic mass is 32.1. The number of hydrogen-bond acceptors (Lipinski definition) is 6. The van der Waals surface area contributed by atoms with E-state index in [-0.39, 0.29) is 11.7 Å². The Balaban J connectivity index is 1.52. The van der Waals surface area contributed by atoms with Crippen LogP contribution in [0.3, 0.4) is 0 Å².